The number of hydrogen-bond donors (Lipinski definition) is 2. The minimum Gasteiger partial charge on any atom is -0.444 e. The van der Waals surface area contributed by atoms with Gasteiger partial charge in [-0.05, 0) is 19.1 Å². The summed E-state index contributed by atoms with van der Waals surface area (Å²) < 4.78 is 5.23. The van der Waals surface area contributed by atoms with Crippen LogP contribution in [0.4, 0.5) is 5.82 Å². The van der Waals surface area contributed by atoms with Crippen molar-refractivity contribution in [3.8, 4) is 0 Å². The Hall–Kier alpha value is -2.37. The quantitative estimate of drug-likeness (QED) is 0.819. The number of carbonyl (C=O) groups is 1. The third-order valence-electron chi connectivity index (χ3n) is 2.12. The summed E-state index contributed by atoms with van der Waals surface area (Å²) in [7, 11) is 0. The van der Waals surface area contributed by atoms with Crippen LogP contribution in [-0.4, -0.2) is 15.9 Å². The first-order valence-electron chi connectivity index (χ1n) is 5.06. The van der Waals surface area contributed by atoms with E-state index in [2.05, 4.69) is 15.3 Å². The molecule has 0 aliphatic rings. The van der Waals surface area contributed by atoms with Crippen molar-refractivity contribution >= 4 is 11.7 Å². The summed E-state index contributed by atoms with van der Waals surface area (Å²) in [5, 5.41) is 2.67. The fraction of sp³-hybridized carbons (Fsp3) is 0.182. The molecule has 0 aromatic carbocycles. The van der Waals surface area contributed by atoms with Gasteiger partial charge >= 0.3 is 0 Å². The van der Waals surface area contributed by atoms with Gasteiger partial charge in [0.05, 0.1) is 18.3 Å². The molecule has 0 radical (unpaired) electrons. The Morgan fingerprint density at radius 3 is 2.82 bits per heavy atom. The SMILES string of the molecule is Cc1cnc(CNC(=O)c2ccc(N)nc2)o1. The lowest BCUT2D eigenvalue weighted by Crippen LogP contribution is -2.23. The van der Waals surface area contributed by atoms with Crippen LogP contribution in [0.25, 0.3) is 0 Å². The maximum absolute atomic E-state index is 11.7. The second-order valence-electron chi connectivity index (χ2n) is 3.52. The fourth-order valence-electron chi connectivity index (χ4n) is 1.28. The normalized spacial score (nSPS) is 10.2. The summed E-state index contributed by atoms with van der Waals surface area (Å²) in [5.41, 5.74) is 5.87. The number of aromatic nitrogens is 2. The van der Waals surface area contributed by atoms with E-state index in [9.17, 15) is 4.79 Å². The predicted molar refractivity (Wildman–Crippen MR) is 61.1 cm³/mol. The molecular formula is C11H12N4O2. The van der Waals surface area contributed by atoms with Crippen LogP contribution in [0.2, 0.25) is 0 Å². The second-order valence-corrected chi connectivity index (χ2v) is 3.52. The van der Waals surface area contributed by atoms with Gasteiger partial charge in [-0.3, -0.25) is 4.79 Å². The Labute approximate surface area is 97.9 Å². The molecule has 6 heteroatoms. The second kappa shape index (κ2) is 4.65. The molecule has 3 N–H and O–H groups in total. The summed E-state index contributed by atoms with van der Waals surface area (Å²) in [6, 6.07) is 3.18. The van der Waals surface area contributed by atoms with Gasteiger partial charge in [-0.25, -0.2) is 9.97 Å². The van der Waals surface area contributed by atoms with Crippen molar-refractivity contribution in [2.45, 2.75) is 13.5 Å². The van der Waals surface area contributed by atoms with E-state index in [0.717, 1.165) is 0 Å². The smallest absolute Gasteiger partial charge is 0.253 e. The van der Waals surface area contributed by atoms with Crippen LogP contribution in [0, 0.1) is 6.92 Å². The van der Waals surface area contributed by atoms with Crippen LogP contribution in [-0.2, 0) is 6.54 Å². The summed E-state index contributed by atoms with van der Waals surface area (Å²) >= 11 is 0. The molecule has 1 amide bonds. The van der Waals surface area contributed by atoms with Crippen LogP contribution in [0.3, 0.4) is 0 Å². The van der Waals surface area contributed by atoms with Crippen LogP contribution in [0.5, 0.6) is 0 Å². The van der Waals surface area contributed by atoms with Gasteiger partial charge < -0.3 is 15.5 Å². The van der Waals surface area contributed by atoms with E-state index in [-0.39, 0.29) is 12.5 Å². The summed E-state index contributed by atoms with van der Waals surface area (Å²) in [4.78, 5) is 19.5. The number of carbonyl (C=O) groups excluding carboxylic acids is 1. The number of hydrogen-bond acceptors (Lipinski definition) is 5. The molecule has 6 nitrogen and oxygen atoms in total. The lowest BCUT2D eigenvalue weighted by molar-refractivity contribution is 0.0947. The fourth-order valence-corrected chi connectivity index (χ4v) is 1.28. The molecule has 0 atom stereocenters. The average Bonchev–Trinajstić information content (AvgIpc) is 2.73. The number of anilines is 1. The van der Waals surface area contributed by atoms with Gasteiger partial charge in [0.1, 0.15) is 11.6 Å². The van der Waals surface area contributed by atoms with Crippen molar-refractivity contribution in [2.75, 3.05) is 5.73 Å². The van der Waals surface area contributed by atoms with Gasteiger partial charge in [0, 0.05) is 6.20 Å². The molecule has 2 rings (SSSR count). The van der Waals surface area contributed by atoms with E-state index in [1.54, 1.807) is 25.3 Å². The van der Waals surface area contributed by atoms with Gasteiger partial charge in [0.25, 0.3) is 5.91 Å². The first-order valence-corrected chi connectivity index (χ1v) is 5.06. The van der Waals surface area contributed by atoms with E-state index in [0.29, 0.717) is 23.0 Å². The summed E-state index contributed by atoms with van der Waals surface area (Å²) in [6.07, 6.45) is 3.03. The number of nitrogens with one attached hydrogen (secondary N) is 1. The van der Waals surface area contributed by atoms with Gasteiger partial charge in [0.2, 0.25) is 5.89 Å². The molecule has 0 bridgehead atoms. The molecule has 0 saturated heterocycles. The number of nitrogens with zero attached hydrogens (tertiary/aromatic N) is 2. The minimum atomic E-state index is -0.242. The molecular weight excluding hydrogens is 220 g/mol. The van der Waals surface area contributed by atoms with E-state index < -0.39 is 0 Å². The largest absolute Gasteiger partial charge is 0.444 e. The third-order valence-corrected chi connectivity index (χ3v) is 2.12. The van der Waals surface area contributed by atoms with E-state index in [4.69, 9.17) is 10.2 Å². The molecule has 0 aliphatic carbocycles. The lowest BCUT2D eigenvalue weighted by Gasteiger charge is -2.02. The number of pyridine rings is 1. The van der Waals surface area contributed by atoms with E-state index in [1.165, 1.54) is 6.20 Å². The maximum atomic E-state index is 11.7. The Balaban J connectivity index is 1.95. The van der Waals surface area contributed by atoms with Crippen LogP contribution >= 0.6 is 0 Å². The number of nitrogen functional groups attached to an aromatic ring is 1. The number of rotatable bonds is 3. The first kappa shape index (κ1) is 11.1. The van der Waals surface area contributed by atoms with Crippen LogP contribution < -0.4 is 11.1 Å². The molecule has 0 saturated carbocycles. The summed E-state index contributed by atoms with van der Waals surface area (Å²) in [5.74, 6) is 1.32. The van der Waals surface area contributed by atoms with Gasteiger partial charge in [-0.1, -0.05) is 0 Å². The lowest BCUT2D eigenvalue weighted by atomic mass is 10.2. The highest BCUT2D eigenvalue weighted by atomic mass is 16.4. The average molecular weight is 232 g/mol. The zero-order chi connectivity index (χ0) is 12.3. The van der Waals surface area contributed by atoms with E-state index >= 15 is 0 Å². The number of amides is 1. The molecule has 0 unspecified atom stereocenters. The standard InChI is InChI=1S/C11H12N4O2/c1-7-4-14-10(17-7)6-15-11(16)8-2-3-9(12)13-5-8/h2-5H,6H2,1H3,(H2,12,13)(H,15,16). The molecule has 0 spiro atoms. The monoisotopic (exact) mass is 232 g/mol. The molecule has 2 aromatic heterocycles. The number of nitrogens with two attached hydrogens (primary N) is 1. The molecule has 2 heterocycles. The van der Waals surface area contributed by atoms with Crippen molar-refractivity contribution in [3.63, 3.8) is 0 Å². The Kier molecular flexibility index (Phi) is 3.04. The van der Waals surface area contributed by atoms with E-state index in [1.807, 2.05) is 0 Å². The zero-order valence-corrected chi connectivity index (χ0v) is 9.30. The number of aryl methyl sites for hydroxylation is 1. The highest BCUT2D eigenvalue weighted by Gasteiger charge is 2.07. The molecule has 0 aliphatic heterocycles. The van der Waals surface area contributed by atoms with Crippen molar-refractivity contribution in [3.05, 3.63) is 41.7 Å². The van der Waals surface area contributed by atoms with Crippen LogP contribution in [0.15, 0.2) is 28.9 Å². The maximum Gasteiger partial charge on any atom is 0.253 e. The predicted octanol–water partition coefficient (Wildman–Crippen LogP) is 0.890. The Morgan fingerprint density at radius 2 is 2.24 bits per heavy atom. The zero-order valence-electron chi connectivity index (χ0n) is 9.30. The van der Waals surface area contributed by atoms with Gasteiger partial charge in [0.15, 0.2) is 0 Å². The van der Waals surface area contributed by atoms with Crippen molar-refractivity contribution in [2.24, 2.45) is 0 Å². The third kappa shape index (κ3) is 2.81. The van der Waals surface area contributed by atoms with Crippen molar-refractivity contribution in [1.29, 1.82) is 0 Å². The Bertz CT molecular complexity index is 519. The molecule has 17 heavy (non-hydrogen) atoms. The molecule has 0 fully saturated rings. The van der Waals surface area contributed by atoms with Gasteiger partial charge in [-0.2, -0.15) is 0 Å². The van der Waals surface area contributed by atoms with Crippen molar-refractivity contribution in [1.82, 2.24) is 15.3 Å². The minimum absolute atomic E-state index is 0.242. The highest BCUT2D eigenvalue weighted by molar-refractivity contribution is 5.93. The highest BCUT2D eigenvalue weighted by Crippen LogP contribution is 2.03. The topological polar surface area (TPSA) is 94.0 Å². The molecule has 2 aromatic rings. The van der Waals surface area contributed by atoms with Crippen LogP contribution in [0.1, 0.15) is 22.0 Å². The molecule has 88 valence electrons. The Morgan fingerprint density at radius 1 is 1.41 bits per heavy atom. The first-order chi connectivity index (χ1) is 8.15. The summed E-state index contributed by atoms with van der Waals surface area (Å²) in [6.45, 7) is 2.04. The van der Waals surface area contributed by atoms with Crippen molar-refractivity contribution < 1.29 is 9.21 Å². The number of oxazole rings is 1. The van der Waals surface area contributed by atoms with Gasteiger partial charge in [-0.15, -0.1) is 0 Å².